The lowest BCUT2D eigenvalue weighted by Crippen LogP contribution is -2.56. The zero-order chi connectivity index (χ0) is 32.6. The van der Waals surface area contributed by atoms with Gasteiger partial charge in [-0.25, -0.2) is 9.78 Å². The molecule has 1 aliphatic rings. The number of ether oxygens (including phenoxy) is 2. The van der Waals surface area contributed by atoms with Crippen LogP contribution in [-0.2, 0) is 14.9 Å². The number of rotatable bonds is 8. The Morgan fingerprint density at radius 3 is 2.34 bits per heavy atom. The van der Waals surface area contributed by atoms with E-state index < -0.39 is 23.2 Å². The summed E-state index contributed by atoms with van der Waals surface area (Å²) in [5, 5.41) is 2.79. The summed E-state index contributed by atoms with van der Waals surface area (Å²) in [7, 11) is 5.49. The van der Waals surface area contributed by atoms with Crippen LogP contribution >= 0.6 is 11.3 Å². The predicted molar refractivity (Wildman–Crippen MR) is 174 cm³/mol. The topological polar surface area (TPSA) is 97.8 Å². The summed E-state index contributed by atoms with van der Waals surface area (Å²) in [6.45, 7) is 16.0. The highest BCUT2D eigenvalue weighted by Crippen LogP contribution is 2.55. The number of benzene rings is 1. The highest BCUT2D eigenvalue weighted by atomic mass is 32.1. The molecule has 1 aromatic carbocycles. The number of likely N-dealkylation sites (tertiary alicyclic amines) is 1. The molecule has 3 aromatic rings. The van der Waals surface area contributed by atoms with Crippen molar-refractivity contribution in [3.63, 3.8) is 0 Å². The van der Waals surface area contributed by atoms with Crippen LogP contribution in [0.3, 0.4) is 0 Å². The maximum absolute atomic E-state index is 15.0. The molecule has 9 nitrogen and oxygen atoms in total. The average molecular weight is 622 g/mol. The minimum absolute atomic E-state index is 0.0737. The molecule has 1 amide bonds. The monoisotopic (exact) mass is 621 g/mol. The molecule has 1 fully saturated rings. The number of hydrogen-bond donors (Lipinski definition) is 0. The molecule has 0 radical (unpaired) electrons. The second-order valence-corrected chi connectivity index (χ2v) is 15.1. The van der Waals surface area contributed by atoms with Gasteiger partial charge in [0.15, 0.2) is 5.13 Å². The van der Waals surface area contributed by atoms with E-state index in [0.717, 1.165) is 10.7 Å². The van der Waals surface area contributed by atoms with E-state index >= 15 is 4.79 Å². The van der Waals surface area contributed by atoms with Crippen molar-refractivity contribution in [1.29, 1.82) is 0 Å². The maximum Gasteiger partial charge on any atom is 0.332 e. The Kier molecular flexibility index (Phi) is 9.45. The Bertz CT molecular complexity index is 1470. The normalized spacial score (nSPS) is 20.6. The minimum atomic E-state index is -1.29. The largest absolute Gasteiger partial charge is 0.496 e. The van der Waals surface area contributed by atoms with Crippen molar-refractivity contribution in [3.8, 4) is 5.75 Å². The van der Waals surface area contributed by atoms with E-state index in [1.165, 1.54) is 11.3 Å². The molecule has 0 aliphatic carbocycles. The van der Waals surface area contributed by atoms with Crippen molar-refractivity contribution >= 4 is 28.3 Å². The van der Waals surface area contributed by atoms with Gasteiger partial charge in [0, 0.05) is 49.5 Å². The third-order valence-electron chi connectivity index (χ3n) is 7.84. The predicted octanol–water partition coefficient (Wildman–Crippen LogP) is 6.80. The molecule has 238 valence electrons. The van der Waals surface area contributed by atoms with Gasteiger partial charge in [-0.1, -0.05) is 40.7 Å². The summed E-state index contributed by atoms with van der Waals surface area (Å²) in [5.41, 5.74) is 0.582. The summed E-state index contributed by atoms with van der Waals surface area (Å²) in [6.07, 6.45) is 5.73. The first-order chi connectivity index (χ1) is 20.5. The second kappa shape index (κ2) is 12.5. The fourth-order valence-electron chi connectivity index (χ4n) is 6.14. The number of methoxy groups -OCH3 is 1. The number of carbonyl (C=O) groups excluding carboxylic acids is 2. The van der Waals surface area contributed by atoms with E-state index in [4.69, 9.17) is 14.5 Å². The number of carbonyl (C=O) groups is 2. The Morgan fingerprint density at radius 2 is 1.82 bits per heavy atom. The van der Waals surface area contributed by atoms with Gasteiger partial charge in [0.05, 0.1) is 24.5 Å². The van der Waals surface area contributed by atoms with E-state index in [0.29, 0.717) is 35.5 Å². The van der Waals surface area contributed by atoms with Crippen molar-refractivity contribution in [3.05, 3.63) is 64.7 Å². The van der Waals surface area contributed by atoms with Crippen molar-refractivity contribution < 1.29 is 19.1 Å². The smallest absolute Gasteiger partial charge is 0.332 e. The van der Waals surface area contributed by atoms with Gasteiger partial charge in [-0.3, -0.25) is 14.8 Å². The van der Waals surface area contributed by atoms with Gasteiger partial charge in [0.1, 0.15) is 16.9 Å². The van der Waals surface area contributed by atoms with Crippen LogP contribution in [0.2, 0.25) is 0 Å². The molecule has 10 heteroatoms. The standard InChI is InChI=1S/C34H47N5O4S/c1-21(2)17-34(30(41)43-33(6,7)8)18-23(25-19-35-14-15-36-25)28(26-20-44-31(37-26)38(9)10)39(34)29(40)22-12-13-24(32(3,4)5)27(16-22)42-11/h12-16,19-21,23,28H,17-18H2,1-11H3/t23-,28-,34+/m1/s1. The van der Waals surface area contributed by atoms with Gasteiger partial charge in [0.2, 0.25) is 0 Å². The summed E-state index contributed by atoms with van der Waals surface area (Å²) in [4.78, 5) is 47.3. The number of anilines is 1. The Morgan fingerprint density at radius 1 is 1.11 bits per heavy atom. The van der Waals surface area contributed by atoms with Gasteiger partial charge >= 0.3 is 5.97 Å². The van der Waals surface area contributed by atoms with Crippen molar-refractivity contribution in [2.24, 2.45) is 5.92 Å². The highest BCUT2D eigenvalue weighted by Gasteiger charge is 2.61. The highest BCUT2D eigenvalue weighted by molar-refractivity contribution is 7.13. The van der Waals surface area contributed by atoms with Crippen LogP contribution in [0, 0.1) is 5.92 Å². The van der Waals surface area contributed by atoms with E-state index in [1.54, 1.807) is 36.7 Å². The molecule has 1 aliphatic heterocycles. The molecule has 44 heavy (non-hydrogen) atoms. The molecule has 1 saturated heterocycles. The van der Waals surface area contributed by atoms with Crippen molar-refractivity contribution in [2.75, 3.05) is 26.1 Å². The molecular weight excluding hydrogens is 574 g/mol. The average Bonchev–Trinajstić information content (AvgIpc) is 3.55. The first-order valence-corrected chi connectivity index (χ1v) is 16.0. The van der Waals surface area contributed by atoms with Gasteiger partial charge in [-0.05, 0) is 62.6 Å². The fourth-order valence-corrected chi connectivity index (χ4v) is 6.93. The number of aromatic nitrogens is 3. The molecule has 0 saturated carbocycles. The fraction of sp³-hybridized carbons (Fsp3) is 0.559. The van der Waals surface area contributed by atoms with Crippen LogP contribution in [0.15, 0.2) is 42.2 Å². The van der Waals surface area contributed by atoms with E-state index in [2.05, 4.69) is 44.6 Å². The van der Waals surface area contributed by atoms with Crippen LogP contribution in [0.1, 0.15) is 108 Å². The van der Waals surface area contributed by atoms with E-state index in [-0.39, 0.29) is 23.2 Å². The first kappa shape index (κ1) is 33.4. The maximum atomic E-state index is 15.0. The zero-order valence-corrected chi connectivity index (χ0v) is 28.8. The number of amides is 1. The number of hydrogen-bond acceptors (Lipinski definition) is 9. The molecule has 2 aromatic heterocycles. The number of nitrogens with zero attached hydrogens (tertiary/aromatic N) is 5. The van der Waals surface area contributed by atoms with Crippen LogP contribution in [-0.4, -0.2) is 64.1 Å². The van der Waals surface area contributed by atoms with Gasteiger partial charge < -0.3 is 19.3 Å². The third kappa shape index (κ3) is 6.75. The van der Waals surface area contributed by atoms with Crippen LogP contribution in [0.4, 0.5) is 5.13 Å². The third-order valence-corrected chi connectivity index (χ3v) is 8.86. The van der Waals surface area contributed by atoms with Gasteiger partial charge in [-0.2, -0.15) is 0 Å². The molecule has 4 rings (SSSR count). The van der Waals surface area contributed by atoms with Gasteiger partial charge in [0.25, 0.3) is 5.91 Å². The van der Waals surface area contributed by atoms with E-state index in [9.17, 15) is 4.79 Å². The number of thiazole rings is 1. The number of esters is 1. The SMILES string of the molecule is COc1cc(C(=O)N2[C@@H](c3csc(N(C)C)n3)[C@@H](c3cnccn3)C[C@@]2(CC(C)C)C(=O)OC(C)(C)C)ccc1C(C)(C)C. The summed E-state index contributed by atoms with van der Waals surface area (Å²) >= 11 is 1.50. The van der Waals surface area contributed by atoms with Crippen LogP contribution in [0.5, 0.6) is 5.75 Å². The first-order valence-electron chi connectivity index (χ1n) is 15.1. The minimum Gasteiger partial charge on any atom is -0.496 e. The summed E-state index contributed by atoms with van der Waals surface area (Å²) in [6, 6.07) is 4.97. The van der Waals surface area contributed by atoms with Crippen molar-refractivity contribution in [1.82, 2.24) is 19.9 Å². The summed E-state index contributed by atoms with van der Waals surface area (Å²) in [5.74, 6) is -0.368. The van der Waals surface area contributed by atoms with E-state index in [1.807, 2.05) is 57.3 Å². The summed E-state index contributed by atoms with van der Waals surface area (Å²) < 4.78 is 11.9. The molecule has 0 N–H and O–H groups in total. The Balaban J connectivity index is 2.01. The Hall–Kier alpha value is -3.53. The van der Waals surface area contributed by atoms with Crippen LogP contribution in [0.25, 0.3) is 0 Å². The molecule has 3 heterocycles. The molecule has 3 atom stereocenters. The Labute approximate surface area is 266 Å². The quantitative estimate of drug-likeness (QED) is 0.253. The second-order valence-electron chi connectivity index (χ2n) is 14.3. The molecule has 0 spiro atoms. The van der Waals surface area contributed by atoms with Gasteiger partial charge in [-0.15, -0.1) is 11.3 Å². The molecule has 0 unspecified atom stereocenters. The lowest BCUT2D eigenvalue weighted by Gasteiger charge is -2.41. The van der Waals surface area contributed by atoms with Crippen LogP contribution < -0.4 is 9.64 Å². The lowest BCUT2D eigenvalue weighted by molar-refractivity contribution is -0.168. The molecule has 0 bridgehead atoms. The lowest BCUT2D eigenvalue weighted by atomic mass is 9.82. The zero-order valence-electron chi connectivity index (χ0n) is 28.0. The molecular formula is C34H47N5O4S. The van der Waals surface area contributed by atoms with Crippen molar-refractivity contribution in [2.45, 2.75) is 96.7 Å².